The molecule has 5 nitrogen and oxygen atoms in total. The molecule has 110 valence electrons. The molecule has 0 aliphatic carbocycles. The Morgan fingerprint density at radius 3 is 2.25 bits per heavy atom. The zero-order chi connectivity index (χ0) is 14.6. The highest BCUT2D eigenvalue weighted by Gasteiger charge is 2.22. The molecule has 1 heterocycles. The average Bonchev–Trinajstić information content (AvgIpc) is 2.38. The smallest absolute Gasteiger partial charge is 0.307 e. The number of benzene rings is 1. The van der Waals surface area contributed by atoms with E-state index in [0.29, 0.717) is 19.4 Å². The first kappa shape index (κ1) is 15.0. The summed E-state index contributed by atoms with van der Waals surface area (Å²) in [6.07, 6.45) is 1.37. The molecule has 1 fully saturated rings. The fourth-order valence-electron chi connectivity index (χ4n) is 2.31. The van der Waals surface area contributed by atoms with Crippen LogP contribution in [0.5, 0.6) is 0 Å². The van der Waals surface area contributed by atoms with Crippen LogP contribution in [0.3, 0.4) is 0 Å². The summed E-state index contributed by atoms with van der Waals surface area (Å²) in [7, 11) is -2.81. The zero-order valence-electron chi connectivity index (χ0n) is 11.2. The molecule has 1 aliphatic heterocycles. The molecule has 20 heavy (non-hydrogen) atoms. The molecule has 2 rings (SSSR count). The first-order valence-corrected chi connectivity index (χ1v) is 8.50. The average molecular weight is 297 g/mol. The van der Waals surface area contributed by atoms with E-state index in [9.17, 15) is 13.2 Å². The molecule has 0 atom stereocenters. The van der Waals surface area contributed by atoms with E-state index in [1.807, 2.05) is 24.3 Å². The van der Waals surface area contributed by atoms with Gasteiger partial charge < -0.3 is 10.4 Å². The molecule has 0 amide bonds. The summed E-state index contributed by atoms with van der Waals surface area (Å²) in [6.45, 7) is 0.679. The third kappa shape index (κ3) is 4.61. The lowest BCUT2D eigenvalue weighted by Crippen LogP contribution is -2.37. The molecular weight excluding hydrogens is 278 g/mol. The van der Waals surface area contributed by atoms with E-state index in [2.05, 4.69) is 5.32 Å². The van der Waals surface area contributed by atoms with Crippen LogP contribution in [0.15, 0.2) is 24.3 Å². The van der Waals surface area contributed by atoms with E-state index in [1.54, 1.807) is 0 Å². The topological polar surface area (TPSA) is 83.5 Å². The van der Waals surface area contributed by atoms with Crippen LogP contribution in [0.25, 0.3) is 0 Å². The second kappa shape index (κ2) is 6.37. The van der Waals surface area contributed by atoms with Crippen molar-refractivity contribution >= 4 is 15.8 Å². The molecule has 0 unspecified atom stereocenters. The Labute approximate surface area is 118 Å². The zero-order valence-corrected chi connectivity index (χ0v) is 12.0. The van der Waals surface area contributed by atoms with Gasteiger partial charge in [-0.2, -0.15) is 0 Å². The summed E-state index contributed by atoms with van der Waals surface area (Å²) >= 11 is 0. The molecule has 0 aromatic heterocycles. The number of carbonyl (C=O) groups is 1. The predicted molar refractivity (Wildman–Crippen MR) is 76.3 cm³/mol. The van der Waals surface area contributed by atoms with Crippen molar-refractivity contribution in [2.45, 2.75) is 31.8 Å². The van der Waals surface area contributed by atoms with Crippen LogP contribution in [0.2, 0.25) is 0 Å². The molecule has 0 saturated carbocycles. The van der Waals surface area contributed by atoms with Gasteiger partial charge in [0.15, 0.2) is 0 Å². The van der Waals surface area contributed by atoms with Crippen molar-refractivity contribution in [3.05, 3.63) is 35.4 Å². The maximum absolute atomic E-state index is 11.3. The molecule has 0 radical (unpaired) electrons. The molecule has 2 N–H and O–H groups in total. The van der Waals surface area contributed by atoms with Gasteiger partial charge in [0.1, 0.15) is 9.84 Å². The van der Waals surface area contributed by atoms with Crippen molar-refractivity contribution in [1.29, 1.82) is 0 Å². The van der Waals surface area contributed by atoms with Gasteiger partial charge in [0.25, 0.3) is 0 Å². The lowest BCUT2D eigenvalue weighted by molar-refractivity contribution is -0.136. The normalized spacial score (nSPS) is 18.8. The first-order chi connectivity index (χ1) is 9.44. The minimum Gasteiger partial charge on any atom is -0.481 e. The molecule has 1 aromatic rings. The number of aliphatic carboxylic acids is 1. The molecule has 0 bridgehead atoms. The summed E-state index contributed by atoms with van der Waals surface area (Å²) < 4.78 is 22.6. The highest BCUT2D eigenvalue weighted by molar-refractivity contribution is 7.91. The SMILES string of the molecule is O=C(O)Cc1ccc(CNC2CCS(=O)(=O)CC2)cc1. The Morgan fingerprint density at radius 2 is 1.70 bits per heavy atom. The maximum Gasteiger partial charge on any atom is 0.307 e. The Hall–Kier alpha value is -1.40. The van der Waals surface area contributed by atoms with Crippen LogP contribution >= 0.6 is 0 Å². The third-order valence-corrected chi connectivity index (χ3v) is 5.24. The van der Waals surface area contributed by atoms with E-state index in [-0.39, 0.29) is 24.0 Å². The van der Waals surface area contributed by atoms with E-state index in [4.69, 9.17) is 5.11 Å². The van der Waals surface area contributed by atoms with Crippen molar-refractivity contribution in [1.82, 2.24) is 5.32 Å². The van der Waals surface area contributed by atoms with E-state index >= 15 is 0 Å². The van der Waals surface area contributed by atoms with Crippen molar-refractivity contribution < 1.29 is 18.3 Å². The lowest BCUT2D eigenvalue weighted by Gasteiger charge is -2.23. The number of carboxylic acid groups (broad SMARTS) is 1. The van der Waals surface area contributed by atoms with Gasteiger partial charge in [0.2, 0.25) is 0 Å². The Kier molecular flexibility index (Phi) is 4.77. The first-order valence-electron chi connectivity index (χ1n) is 6.68. The highest BCUT2D eigenvalue weighted by Crippen LogP contribution is 2.13. The molecular formula is C14H19NO4S. The monoisotopic (exact) mass is 297 g/mol. The van der Waals surface area contributed by atoms with Crippen LogP contribution < -0.4 is 5.32 Å². The molecule has 6 heteroatoms. The van der Waals surface area contributed by atoms with Gasteiger partial charge in [-0.1, -0.05) is 24.3 Å². The highest BCUT2D eigenvalue weighted by atomic mass is 32.2. The van der Waals surface area contributed by atoms with Crippen molar-refractivity contribution in [3.63, 3.8) is 0 Å². The third-order valence-electron chi connectivity index (χ3n) is 3.53. The summed E-state index contributed by atoms with van der Waals surface area (Å²) in [6, 6.07) is 7.69. The van der Waals surface area contributed by atoms with E-state index < -0.39 is 15.8 Å². The summed E-state index contributed by atoms with van der Waals surface area (Å²) in [5, 5.41) is 12.0. The number of rotatable bonds is 5. The number of hydrogen-bond acceptors (Lipinski definition) is 4. The van der Waals surface area contributed by atoms with Crippen LogP contribution in [0, 0.1) is 0 Å². The fraction of sp³-hybridized carbons (Fsp3) is 0.500. The second-order valence-electron chi connectivity index (χ2n) is 5.19. The van der Waals surface area contributed by atoms with E-state index in [1.165, 1.54) is 0 Å². The van der Waals surface area contributed by atoms with Crippen molar-refractivity contribution in [3.8, 4) is 0 Å². The molecule has 1 aromatic carbocycles. The molecule has 0 spiro atoms. The van der Waals surface area contributed by atoms with Gasteiger partial charge >= 0.3 is 5.97 Å². The summed E-state index contributed by atoms with van der Waals surface area (Å²) in [5.74, 6) is -0.302. The van der Waals surface area contributed by atoms with Gasteiger partial charge in [0, 0.05) is 12.6 Å². The molecule has 1 aliphatic rings. The minimum absolute atomic E-state index is 0.0359. The quantitative estimate of drug-likeness (QED) is 0.846. The van der Waals surface area contributed by atoms with Gasteiger partial charge in [-0.3, -0.25) is 4.79 Å². The predicted octanol–water partition coefficient (Wildman–Crippen LogP) is 0.980. The van der Waals surface area contributed by atoms with E-state index in [0.717, 1.165) is 11.1 Å². The van der Waals surface area contributed by atoms with Gasteiger partial charge in [-0.25, -0.2) is 8.42 Å². The summed E-state index contributed by atoms with van der Waals surface area (Å²) in [5.41, 5.74) is 1.86. The van der Waals surface area contributed by atoms with Gasteiger partial charge in [0.05, 0.1) is 17.9 Å². The lowest BCUT2D eigenvalue weighted by atomic mass is 10.1. The standard InChI is InChI=1S/C14H19NO4S/c16-14(17)9-11-1-3-12(4-2-11)10-15-13-5-7-20(18,19)8-6-13/h1-4,13,15H,5-10H2,(H,16,17). The Balaban J connectivity index is 1.81. The van der Waals surface area contributed by atoms with Gasteiger partial charge in [-0.05, 0) is 24.0 Å². The largest absolute Gasteiger partial charge is 0.481 e. The van der Waals surface area contributed by atoms with Crippen LogP contribution in [0.4, 0.5) is 0 Å². The Bertz CT molecular complexity index is 551. The Morgan fingerprint density at radius 1 is 1.15 bits per heavy atom. The van der Waals surface area contributed by atoms with Gasteiger partial charge in [-0.15, -0.1) is 0 Å². The number of sulfone groups is 1. The van der Waals surface area contributed by atoms with Crippen LogP contribution in [0.1, 0.15) is 24.0 Å². The number of hydrogen-bond donors (Lipinski definition) is 2. The van der Waals surface area contributed by atoms with Crippen molar-refractivity contribution in [2.24, 2.45) is 0 Å². The van der Waals surface area contributed by atoms with Crippen LogP contribution in [-0.4, -0.2) is 37.0 Å². The van der Waals surface area contributed by atoms with Crippen LogP contribution in [-0.2, 0) is 27.6 Å². The van der Waals surface area contributed by atoms with Crippen molar-refractivity contribution in [2.75, 3.05) is 11.5 Å². The second-order valence-corrected chi connectivity index (χ2v) is 7.50. The molecule has 1 saturated heterocycles. The maximum atomic E-state index is 11.3. The fourth-order valence-corrected chi connectivity index (χ4v) is 3.80. The summed E-state index contributed by atoms with van der Waals surface area (Å²) in [4.78, 5) is 10.6. The number of carboxylic acids is 1. The number of nitrogens with one attached hydrogen (secondary N) is 1. The minimum atomic E-state index is -2.81.